The molecule has 0 bridgehead atoms. The Hall–Kier alpha value is -0.930. The highest BCUT2D eigenvalue weighted by molar-refractivity contribution is 6.33. The molecule has 18 heavy (non-hydrogen) atoms. The second kappa shape index (κ2) is 5.81. The fourth-order valence-corrected chi connectivity index (χ4v) is 3.01. The highest BCUT2D eigenvalue weighted by Crippen LogP contribution is 2.39. The Kier molecular flexibility index (Phi) is 4.36. The van der Waals surface area contributed by atoms with Gasteiger partial charge in [0.2, 0.25) is 0 Å². The highest BCUT2D eigenvalue weighted by atomic mass is 35.5. The number of benzene rings is 1. The van der Waals surface area contributed by atoms with Crippen LogP contribution in [0.2, 0.25) is 5.02 Å². The minimum atomic E-state index is 0.116. The lowest BCUT2D eigenvalue weighted by atomic mass is 9.90. The van der Waals surface area contributed by atoms with Crippen molar-refractivity contribution in [3.8, 4) is 11.5 Å². The van der Waals surface area contributed by atoms with Crippen molar-refractivity contribution in [1.29, 1.82) is 0 Å². The van der Waals surface area contributed by atoms with Crippen LogP contribution in [0.3, 0.4) is 0 Å². The second-order valence-corrected chi connectivity index (χ2v) is 5.33. The third-order valence-electron chi connectivity index (χ3n) is 3.62. The molecule has 1 fully saturated rings. The number of hydrogen-bond acceptors (Lipinski definition) is 3. The summed E-state index contributed by atoms with van der Waals surface area (Å²) in [5.74, 6) is 1.12. The Morgan fingerprint density at radius 3 is 2.94 bits per heavy atom. The lowest BCUT2D eigenvalue weighted by molar-refractivity contribution is 0.365. The molecular formula is C14H20ClNO2. The normalized spacial score (nSPS) is 19.8. The van der Waals surface area contributed by atoms with Crippen LogP contribution in [-0.4, -0.2) is 25.3 Å². The first kappa shape index (κ1) is 13.5. The predicted octanol–water partition coefficient (Wildman–Crippen LogP) is 2.90. The quantitative estimate of drug-likeness (QED) is 0.887. The van der Waals surface area contributed by atoms with Crippen LogP contribution in [0.15, 0.2) is 6.07 Å². The number of phenolic OH excluding ortho intramolecular Hbond substituents is 1. The molecular weight excluding hydrogens is 250 g/mol. The average Bonchev–Trinajstić information content (AvgIpc) is 2.36. The van der Waals surface area contributed by atoms with E-state index in [2.05, 4.69) is 5.32 Å². The van der Waals surface area contributed by atoms with Crippen molar-refractivity contribution in [3.05, 3.63) is 22.2 Å². The molecule has 0 amide bonds. The molecule has 1 atom stereocenters. The number of phenols is 1. The average molecular weight is 270 g/mol. The van der Waals surface area contributed by atoms with E-state index >= 15 is 0 Å². The maximum Gasteiger partial charge on any atom is 0.179 e. The van der Waals surface area contributed by atoms with E-state index in [-0.39, 0.29) is 5.75 Å². The number of aryl methyl sites for hydroxylation is 1. The Labute approximate surface area is 113 Å². The number of methoxy groups -OCH3 is 1. The zero-order chi connectivity index (χ0) is 13.1. The van der Waals surface area contributed by atoms with E-state index in [1.165, 1.54) is 20.0 Å². The van der Waals surface area contributed by atoms with Gasteiger partial charge in [-0.15, -0.1) is 0 Å². The molecule has 4 heteroatoms. The maximum atomic E-state index is 9.78. The Balaban J connectivity index is 2.26. The number of halogens is 1. The number of nitrogens with one attached hydrogen (secondary N) is 1. The van der Waals surface area contributed by atoms with E-state index in [0.29, 0.717) is 16.7 Å². The molecule has 2 N–H and O–H groups in total. The smallest absolute Gasteiger partial charge is 0.179 e. The minimum absolute atomic E-state index is 0.116. The van der Waals surface area contributed by atoms with Crippen LogP contribution < -0.4 is 10.1 Å². The van der Waals surface area contributed by atoms with Gasteiger partial charge in [-0.2, -0.15) is 0 Å². The van der Waals surface area contributed by atoms with E-state index in [1.54, 1.807) is 6.07 Å². The topological polar surface area (TPSA) is 41.5 Å². The molecule has 2 rings (SSSR count). The fraction of sp³-hybridized carbons (Fsp3) is 0.571. The SMILES string of the molecule is COc1c(O)cc(C)c(CC2CCCNC2)c1Cl. The van der Waals surface area contributed by atoms with Crippen LogP contribution in [-0.2, 0) is 6.42 Å². The van der Waals surface area contributed by atoms with Gasteiger partial charge in [0.05, 0.1) is 12.1 Å². The van der Waals surface area contributed by atoms with Gasteiger partial charge < -0.3 is 15.2 Å². The maximum absolute atomic E-state index is 9.78. The van der Waals surface area contributed by atoms with Gasteiger partial charge in [-0.25, -0.2) is 0 Å². The summed E-state index contributed by atoms with van der Waals surface area (Å²) in [4.78, 5) is 0. The van der Waals surface area contributed by atoms with Gasteiger partial charge in [0, 0.05) is 0 Å². The van der Waals surface area contributed by atoms with Crippen molar-refractivity contribution in [1.82, 2.24) is 5.32 Å². The van der Waals surface area contributed by atoms with E-state index in [0.717, 1.165) is 30.6 Å². The minimum Gasteiger partial charge on any atom is -0.504 e. The van der Waals surface area contributed by atoms with Crippen LogP contribution in [0.5, 0.6) is 11.5 Å². The number of aromatic hydroxyl groups is 1. The van der Waals surface area contributed by atoms with Crippen molar-refractivity contribution in [3.63, 3.8) is 0 Å². The van der Waals surface area contributed by atoms with Gasteiger partial charge in [-0.3, -0.25) is 0 Å². The lowest BCUT2D eigenvalue weighted by Crippen LogP contribution is -2.31. The van der Waals surface area contributed by atoms with Crippen LogP contribution in [0.4, 0.5) is 0 Å². The van der Waals surface area contributed by atoms with Crippen LogP contribution in [0.25, 0.3) is 0 Å². The molecule has 1 saturated heterocycles. The summed E-state index contributed by atoms with van der Waals surface area (Å²) >= 11 is 6.33. The first-order chi connectivity index (χ1) is 8.63. The summed E-state index contributed by atoms with van der Waals surface area (Å²) in [5.41, 5.74) is 2.13. The lowest BCUT2D eigenvalue weighted by Gasteiger charge is -2.24. The van der Waals surface area contributed by atoms with Crippen LogP contribution in [0.1, 0.15) is 24.0 Å². The molecule has 0 spiro atoms. The van der Waals surface area contributed by atoms with Crippen molar-refractivity contribution < 1.29 is 9.84 Å². The molecule has 1 heterocycles. The number of ether oxygens (including phenoxy) is 1. The Morgan fingerprint density at radius 1 is 1.56 bits per heavy atom. The van der Waals surface area contributed by atoms with Crippen LogP contribution >= 0.6 is 11.6 Å². The predicted molar refractivity (Wildman–Crippen MR) is 73.7 cm³/mol. The number of hydrogen-bond donors (Lipinski definition) is 2. The monoisotopic (exact) mass is 269 g/mol. The van der Waals surface area contributed by atoms with Gasteiger partial charge in [-0.1, -0.05) is 11.6 Å². The molecule has 0 aromatic heterocycles. The summed E-state index contributed by atoms with van der Waals surface area (Å²) < 4.78 is 5.16. The van der Waals surface area contributed by atoms with Gasteiger partial charge in [0.1, 0.15) is 0 Å². The van der Waals surface area contributed by atoms with Gasteiger partial charge >= 0.3 is 0 Å². The summed E-state index contributed by atoms with van der Waals surface area (Å²) in [5, 5.41) is 13.7. The fourth-order valence-electron chi connectivity index (χ4n) is 2.61. The molecule has 1 aromatic carbocycles. The molecule has 1 aliphatic rings. The summed E-state index contributed by atoms with van der Waals surface area (Å²) in [6.45, 7) is 4.14. The van der Waals surface area contributed by atoms with Crippen LogP contribution in [0, 0.1) is 12.8 Å². The summed E-state index contributed by atoms with van der Waals surface area (Å²) in [7, 11) is 1.53. The molecule has 0 saturated carbocycles. The van der Waals surface area contributed by atoms with E-state index in [1.807, 2.05) is 6.92 Å². The first-order valence-corrected chi connectivity index (χ1v) is 6.77. The summed E-state index contributed by atoms with van der Waals surface area (Å²) in [6.07, 6.45) is 3.39. The highest BCUT2D eigenvalue weighted by Gasteiger charge is 2.20. The molecule has 100 valence electrons. The molecule has 3 nitrogen and oxygen atoms in total. The van der Waals surface area contributed by atoms with Crippen molar-refractivity contribution in [2.24, 2.45) is 5.92 Å². The van der Waals surface area contributed by atoms with E-state index in [9.17, 15) is 5.11 Å². The van der Waals surface area contributed by atoms with Crippen molar-refractivity contribution in [2.45, 2.75) is 26.2 Å². The molecule has 0 radical (unpaired) electrons. The number of piperidine rings is 1. The standard InChI is InChI=1S/C14H20ClNO2/c1-9-6-12(17)14(18-2)13(15)11(9)7-10-4-3-5-16-8-10/h6,10,16-17H,3-5,7-8H2,1-2H3. The molecule has 1 unspecified atom stereocenters. The van der Waals surface area contributed by atoms with Gasteiger partial charge in [0.15, 0.2) is 11.5 Å². The number of rotatable bonds is 3. The third kappa shape index (κ3) is 2.73. The zero-order valence-corrected chi connectivity index (χ0v) is 11.7. The summed E-state index contributed by atoms with van der Waals surface area (Å²) in [6, 6.07) is 1.73. The Morgan fingerprint density at radius 2 is 2.33 bits per heavy atom. The largest absolute Gasteiger partial charge is 0.504 e. The van der Waals surface area contributed by atoms with Gasteiger partial charge in [-0.05, 0) is 62.4 Å². The zero-order valence-electron chi connectivity index (χ0n) is 10.9. The van der Waals surface area contributed by atoms with Gasteiger partial charge in [0.25, 0.3) is 0 Å². The molecule has 1 aliphatic heterocycles. The van der Waals surface area contributed by atoms with Crippen molar-refractivity contribution in [2.75, 3.05) is 20.2 Å². The van der Waals surface area contributed by atoms with E-state index < -0.39 is 0 Å². The molecule has 1 aromatic rings. The second-order valence-electron chi connectivity index (χ2n) is 4.95. The molecule has 0 aliphatic carbocycles. The first-order valence-electron chi connectivity index (χ1n) is 6.39. The van der Waals surface area contributed by atoms with Crippen molar-refractivity contribution >= 4 is 11.6 Å². The van der Waals surface area contributed by atoms with E-state index in [4.69, 9.17) is 16.3 Å². The third-order valence-corrected chi connectivity index (χ3v) is 4.02. The Bertz CT molecular complexity index is 428.